The Morgan fingerprint density at radius 1 is 1.00 bits per heavy atom. The van der Waals surface area contributed by atoms with Crippen molar-refractivity contribution in [2.75, 3.05) is 19.7 Å². The van der Waals surface area contributed by atoms with Gasteiger partial charge in [0.25, 0.3) is 0 Å². The van der Waals surface area contributed by atoms with E-state index in [1.807, 2.05) is 6.92 Å². The van der Waals surface area contributed by atoms with Gasteiger partial charge in [-0.2, -0.15) is 0 Å². The van der Waals surface area contributed by atoms with E-state index in [-0.39, 0.29) is 0 Å². The van der Waals surface area contributed by atoms with Gasteiger partial charge in [0.15, 0.2) is 0 Å². The summed E-state index contributed by atoms with van der Waals surface area (Å²) in [4.78, 5) is 0. The van der Waals surface area contributed by atoms with Crippen molar-refractivity contribution in [2.24, 2.45) is 5.92 Å². The first-order chi connectivity index (χ1) is 9.26. The number of hydrogen-bond acceptors (Lipinski definition) is 2. The second-order valence-corrected chi connectivity index (χ2v) is 4.99. The smallest absolute Gasteiger partial charge is 0.119 e. The molecule has 1 aromatic carbocycles. The summed E-state index contributed by atoms with van der Waals surface area (Å²) in [5.41, 5.74) is 1.43. The van der Waals surface area contributed by atoms with Crippen LogP contribution in [0.2, 0.25) is 0 Å². The lowest BCUT2D eigenvalue weighted by atomic mass is 9.82. The van der Waals surface area contributed by atoms with Gasteiger partial charge in [0, 0.05) is 6.54 Å². The van der Waals surface area contributed by atoms with E-state index in [4.69, 9.17) is 4.74 Å². The molecular weight excluding hydrogens is 234 g/mol. The molecule has 0 saturated heterocycles. The second kappa shape index (κ2) is 8.98. The van der Waals surface area contributed by atoms with E-state index in [0.717, 1.165) is 31.4 Å². The van der Waals surface area contributed by atoms with Crippen molar-refractivity contribution in [1.29, 1.82) is 0 Å². The Morgan fingerprint density at radius 2 is 1.63 bits per heavy atom. The third kappa shape index (κ3) is 4.87. The fourth-order valence-corrected chi connectivity index (χ4v) is 2.69. The van der Waals surface area contributed by atoms with Gasteiger partial charge in [-0.15, -0.1) is 0 Å². The molecule has 2 nitrogen and oxygen atoms in total. The molecule has 0 saturated carbocycles. The van der Waals surface area contributed by atoms with Crippen molar-refractivity contribution < 1.29 is 4.74 Å². The molecule has 0 aliphatic rings. The molecule has 0 heterocycles. The fourth-order valence-electron chi connectivity index (χ4n) is 2.69. The van der Waals surface area contributed by atoms with E-state index in [2.05, 4.69) is 50.4 Å². The van der Waals surface area contributed by atoms with Gasteiger partial charge in [0.05, 0.1) is 6.61 Å². The molecule has 1 unspecified atom stereocenters. The van der Waals surface area contributed by atoms with E-state index in [9.17, 15) is 0 Å². The maximum Gasteiger partial charge on any atom is 0.119 e. The van der Waals surface area contributed by atoms with Crippen molar-refractivity contribution in [3.8, 4) is 5.75 Å². The van der Waals surface area contributed by atoms with Gasteiger partial charge < -0.3 is 10.1 Å². The van der Waals surface area contributed by atoms with Gasteiger partial charge in [-0.25, -0.2) is 0 Å². The van der Waals surface area contributed by atoms with Crippen molar-refractivity contribution in [3.05, 3.63) is 29.8 Å². The highest BCUT2D eigenvalue weighted by molar-refractivity contribution is 5.30. The minimum absolute atomic E-state index is 0.602. The summed E-state index contributed by atoms with van der Waals surface area (Å²) in [5, 5.41) is 3.50. The van der Waals surface area contributed by atoms with E-state index in [1.165, 1.54) is 18.4 Å². The molecule has 1 aromatic rings. The number of likely N-dealkylation sites (N-methyl/N-ethyl adjacent to an activating group) is 1. The van der Waals surface area contributed by atoms with Crippen LogP contribution in [0.25, 0.3) is 0 Å². The summed E-state index contributed by atoms with van der Waals surface area (Å²) in [6.45, 7) is 11.6. The lowest BCUT2D eigenvalue weighted by molar-refractivity contribution is 0.339. The molecule has 1 rings (SSSR count). The molecule has 1 atom stereocenters. The maximum absolute atomic E-state index is 5.52. The largest absolute Gasteiger partial charge is 0.494 e. The summed E-state index contributed by atoms with van der Waals surface area (Å²) in [6.07, 6.45) is 2.47. The molecule has 1 N–H and O–H groups in total. The van der Waals surface area contributed by atoms with Crippen LogP contribution < -0.4 is 10.1 Å². The van der Waals surface area contributed by atoms with Crippen LogP contribution >= 0.6 is 0 Å². The Labute approximate surface area is 118 Å². The predicted molar refractivity (Wildman–Crippen MR) is 83.0 cm³/mol. The summed E-state index contributed by atoms with van der Waals surface area (Å²) in [6, 6.07) is 8.65. The Kier molecular flexibility index (Phi) is 7.57. The quantitative estimate of drug-likeness (QED) is 0.720. The average Bonchev–Trinajstić information content (AvgIpc) is 2.45. The van der Waals surface area contributed by atoms with Crippen LogP contribution in [-0.4, -0.2) is 19.7 Å². The van der Waals surface area contributed by atoms with Gasteiger partial charge in [-0.3, -0.25) is 0 Å². The van der Waals surface area contributed by atoms with Gasteiger partial charge in [-0.1, -0.05) is 45.7 Å². The summed E-state index contributed by atoms with van der Waals surface area (Å²) < 4.78 is 5.52. The Balaban J connectivity index is 2.83. The third-order valence-electron chi connectivity index (χ3n) is 3.85. The number of rotatable bonds is 9. The molecule has 0 spiro atoms. The van der Waals surface area contributed by atoms with Crippen molar-refractivity contribution in [1.82, 2.24) is 5.32 Å². The van der Waals surface area contributed by atoms with Crippen LogP contribution in [0.15, 0.2) is 24.3 Å². The Morgan fingerprint density at radius 3 is 2.11 bits per heavy atom. The van der Waals surface area contributed by atoms with Crippen molar-refractivity contribution in [3.63, 3.8) is 0 Å². The van der Waals surface area contributed by atoms with E-state index < -0.39 is 0 Å². The molecule has 19 heavy (non-hydrogen) atoms. The molecule has 0 bridgehead atoms. The summed E-state index contributed by atoms with van der Waals surface area (Å²) >= 11 is 0. The lowest BCUT2D eigenvalue weighted by Crippen LogP contribution is -2.26. The highest BCUT2D eigenvalue weighted by Crippen LogP contribution is 2.30. The van der Waals surface area contributed by atoms with Crippen LogP contribution in [0.3, 0.4) is 0 Å². The highest BCUT2D eigenvalue weighted by atomic mass is 16.5. The van der Waals surface area contributed by atoms with Crippen LogP contribution in [0.5, 0.6) is 5.75 Å². The van der Waals surface area contributed by atoms with E-state index in [0.29, 0.717) is 5.92 Å². The SMILES string of the molecule is CCNCC(c1ccc(OCC)cc1)C(CC)CC. The topological polar surface area (TPSA) is 21.3 Å². The zero-order chi connectivity index (χ0) is 14.1. The molecule has 2 heteroatoms. The van der Waals surface area contributed by atoms with Gasteiger partial charge in [-0.05, 0) is 43.0 Å². The fraction of sp³-hybridized carbons (Fsp3) is 0.647. The van der Waals surface area contributed by atoms with Gasteiger partial charge in [0.1, 0.15) is 5.75 Å². The molecule has 108 valence electrons. The Bertz CT molecular complexity index is 330. The second-order valence-electron chi connectivity index (χ2n) is 4.99. The molecule has 0 fully saturated rings. The summed E-state index contributed by atoms with van der Waals surface area (Å²) in [7, 11) is 0. The minimum Gasteiger partial charge on any atom is -0.494 e. The van der Waals surface area contributed by atoms with Gasteiger partial charge >= 0.3 is 0 Å². The number of benzene rings is 1. The third-order valence-corrected chi connectivity index (χ3v) is 3.85. The number of nitrogens with one attached hydrogen (secondary N) is 1. The molecule has 0 aromatic heterocycles. The number of ether oxygens (including phenoxy) is 1. The first-order valence-corrected chi connectivity index (χ1v) is 7.70. The van der Waals surface area contributed by atoms with Crippen LogP contribution in [0.1, 0.15) is 52.0 Å². The van der Waals surface area contributed by atoms with Crippen molar-refractivity contribution >= 4 is 0 Å². The first-order valence-electron chi connectivity index (χ1n) is 7.70. The first kappa shape index (κ1) is 16.0. The predicted octanol–water partition coefficient (Wildman–Crippen LogP) is 4.21. The van der Waals surface area contributed by atoms with E-state index in [1.54, 1.807) is 0 Å². The summed E-state index contributed by atoms with van der Waals surface area (Å²) in [5.74, 6) is 2.32. The van der Waals surface area contributed by atoms with Gasteiger partial charge in [0.2, 0.25) is 0 Å². The monoisotopic (exact) mass is 263 g/mol. The number of hydrogen-bond donors (Lipinski definition) is 1. The average molecular weight is 263 g/mol. The molecule has 0 aliphatic carbocycles. The minimum atomic E-state index is 0.602. The van der Waals surface area contributed by atoms with Crippen LogP contribution in [-0.2, 0) is 0 Å². The lowest BCUT2D eigenvalue weighted by Gasteiger charge is -2.26. The highest BCUT2D eigenvalue weighted by Gasteiger charge is 2.19. The normalized spacial score (nSPS) is 12.7. The van der Waals surface area contributed by atoms with Crippen LogP contribution in [0, 0.1) is 5.92 Å². The standard InChI is InChI=1S/C17H29NO/c1-5-14(6-2)17(13-18-7-3)15-9-11-16(12-10-15)19-8-4/h9-12,14,17-18H,5-8,13H2,1-4H3. The van der Waals surface area contributed by atoms with Crippen molar-refractivity contribution in [2.45, 2.75) is 46.5 Å². The molecule has 0 aliphatic heterocycles. The Hall–Kier alpha value is -1.02. The maximum atomic E-state index is 5.52. The van der Waals surface area contributed by atoms with E-state index >= 15 is 0 Å². The molecule has 0 radical (unpaired) electrons. The molecular formula is C17H29NO. The van der Waals surface area contributed by atoms with Crippen LogP contribution in [0.4, 0.5) is 0 Å². The zero-order valence-corrected chi connectivity index (χ0v) is 12.9. The molecule has 0 amide bonds. The zero-order valence-electron chi connectivity index (χ0n) is 12.9.